The molecule has 0 amide bonds. The van der Waals surface area contributed by atoms with Gasteiger partial charge in [0, 0.05) is 21.1 Å². The minimum Gasteiger partial charge on any atom is -0.459 e. The van der Waals surface area contributed by atoms with E-state index in [9.17, 15) is 14.7 Å². The second kappa shape index (κ2) is 7.49. The number of hydrogen-bond acceptors (Lipinski definition) is 8. The molecule has 2 rings (SSSR count). The number of hydrogen-bond donors (Lipinski definition) is 1. The summed E-state index contributed by atoms with van der Waals surface area (Å²) in [5, 5.41) is 11.1. The van der Waals surface area contributed by atoms with E-state index in [1.165, 1.54) is 28.1 Å². The molecule has 1 heterocycles. The van der Waals surface area contributed by atoms with Gasteiger partial charge in [-0.05, 0) is 19.1 Å². The number of aliphatic hydroxyl groups is 1. The quantitative estimate of drug-likeness (QED) is 0.751. The van der Waals surface area contributed by atoms with Crippen LogP contribution in [0.2, 0.25) is 0 Å². The first-order chi connectivity index (χ1) is 11.8. The Kier molecular flexibility index (Phi) is 5.79. The average molecular weight is 354 g/mol. The van der Waals surface area contributed by atoms with Crippen molar-refractivity contribution in [3.63, 3.8) is 0 Å². The Labute approximate surface area is 145 Å². The molecule has 1 saturated heterocycles. The zero-order chi connectivity index (χ0) is 18.7. The number of carbonyl (C=O) groups is 2. The Morgan fingerprint density at radius 2 is 1.88 bits per heavy atom. The molecule has 1 aliphatic rings. The van der Waals surface area contributed by atoms with Crippen LogP contribution in [0.4, 0.5) is 0 Å². The van der Waals surface area contributed by atoms with Gasteiger partial charge >= 0.3 is 11.9 Å². The summed E-state index contributed by atoms with van der Waals surface area (Å²) in [5.74, 6) is -2.91. The van der Waals surface area contributed by atoms with E-state index >= 15 is 0 Å². The maximum atomic E-state index is 12.2. The average Bonchev–Trinajstić information content (AvgIpc) is 2.82. The molecule has 4 atom stereocenters. The van der Waals surface area contributed by atoms with E-state index in [0.717, 1.165) is 0 Å². The molecule has 8 heteroatoms. The van der Waals surface area contributed by atoms with E-state index in [4.69, 9.17) is 23.7 Å². The van der Waals surface area contributed by atoms with E-state index in [2.05, 4.69) is 0 Å². The summed E-state index contributed by atoms with van der Waals surface area (Å²) in [4.78, 5) is 23.6. The second-order valence-corrected chi connectivity index (χ2v) is 5.77. The summed E-state index contributed by atoms with van der Waals surface area (Å²) in [7, 11) is 2.64. The first-order valence-electron chi connectivity index (χ1n) is 7.65. The van der Waals surface area contributed by atoms with Crippen molar-refractivity contribution in [1.82, 2.24) is 0 Å². The standard InChI is InChI=1S/C17H22O8/c1-11(18)24-13-15(21-3)25-16(2,22-4)17(13,20)10-23-14(19)12-8-6-5-7-9-12/h5-9,13,15,20H,10H2,1-4H3. The first-order valence-corrected chi connectivity index (χ1v) is 7.65. The van der Waals surface area contributed by atoms with Crippen LogP contribution in [0.25, 0.3) is 0 Å². The lowest BCUT2D eigenvalue weighted by Crippen LogP contribution is -2.60. The van der Waals surface area contributed by atoms with Gasteiger partial charge in [-0.25, -0.2) is 4.79 Å². The third-order valence-corrected chi connectivity index (χ3v) is 4.19. The zero-order valence-corrected chi connectivity index (χ0v) is 14.6. The topological polar surface area (TPSA) is 101 Å². The highest BCUT2D eigenvalue weighted by Crippen LogP contribution is 2.42. The normalized spacial score (nSPS) is 31.6. The summed E-state index contributed by atoms with van der Waals surface area (Å²) in [6, 6.07) is 8.29. The van der Waals surface area contributed by atoms with Crippen LogP contribution >= 0.6 is 0 Å². The van der Waals surface area contributed by atoms with Crippen LogP contribution < -0.4 is 0 Å². The molecule has 1 aliphatic heterocycles. The van der Waals surface area contributed by atoms with E-state index in [-0.39, 0.29) is 0 Å². The minimum absolute atomic E-state index is 0.316. The monoisotopic (exact) mass is 354 g/mol. The van der Waals surface area contributed by atoms with Crippen molar-refractivity contribution < 1.29 is 38.4 Å². The van der Waals surface area contributed by atoms with Crippen molar-refractivity contribution in [3.8, 4) is 0 Å². The Morgan fingerprint density at radius 1 is 1.24 bits per heavy atom. The SMILES string of the molecule is COC1OC(C)(OC)C(O)(COC(=O)c2ccccc2)C1OC(C)=O. The summed E-state index contributed by atoms with van der Waals surface area (Å²) < 4.78 is 26.3. The van der Waals surface area contributed by atoms with Gasteiger partial charge in [-0.3, -0.25) is 4.79 Å². The predicted molar refractivity (Wildman–Crippen MR) is 84.5 cm³/mol. The molecule has 0 aliphatic carbocycles. The Hall–Kier alpha value is -2.00. The Balaban J connectivity index is 2.24. The second-order valence-electron chi connectivity index (χ2n) is 5.77. The van der Waals surface area contributed by atoms with E-state index in [1.807, 2.05) is 0 Å². The number of methoxy groups -OCH3 is 2. The molecule has 1 N–H and O–H groups in total. The molecule has 0 bridgehead atoms. The molecule has 25 heavy (non-hydrogen) atoms. The molecule has 1 aromatic rings. The van der Waals surface area contributed by atoms with E-state index in [0.29, 0.717) is 5.56 Å². The fourth-order valence-corrected chi connectivity index (χ4v) is 2.64. The lowest BCUT2D eigenvalue weighted by atomic mass is 9.91. The van der Waals surface area contributed by atoms with Gasteiger partial charge in [-0.1, -0.05) is 18.2 Å². The predicted octanol–water partition coefficient (Wildman–Crippen LogP) is 0.871. The van der Waals surface area contributed by atoms with Gasteiger partial charge in [-0.15, -0.1) is 0 Å². The van der Waals surface area contributed by atoms with Crippen LogP contribution in [0.5, 0.6) is 0 Å². The Bertz CT molecular complexity index is 618. The van der Waals surface area contributed by atoms with Crippen molar-refractivity contribution in [1.29, 1.82) is 0 Å². The summed E-state index contributed by atoms with van der Waals surface area (Å²) in [5.41, 5.74) is -1.66. The lowest BCUT2D eigenvalue weighted by Gasteiger charge is -2.37. The largest absolute Gasteiger partial charge is 0.459 e. The van der Waals surface area contributed by atoms with Gasteiger partial charge in [-0.2, -0.15) is 0 Å². The number of ether oxygens (including phenoxy) is 5. The van der Waals surface area contributed by atoms with Crippen molar-refractivity contribution in [2.24, 2.45) is 0 Å². The smallest absolute Gasteiger partial charge is 0.338 e. The highest BCUT2D eigenvalue weighted by molar-refractivity contribution is 5.89. The van der Waals surface area contributed by atoms with Gasteiger partial charge in [0.25, 0.3) is 0 Å². The van der Waals surface area contributed by atoms with Crippen LogP contribution in [-0.2, 0) is 28.5 Å². The summed E-state index contributed by atoms with van der Waals surface area (Å²) in [6.45, 7) is 2.10. The molecule has 138 valence electrons. The zero-order valence-electron chi connectivity index (χ0n) is 14.6. The molecule has 1 fully saturated rings. The van der Waals surface area contributed by atoms with Crippen LogP contribution in [0, 0.1) is 0 Å². The van der Waals surface area contributed by atoms with Gasteiger partial charge in [0.1, 0.15) is 6.61 Å². The van der Waals surface area contributed by atoms with Crippen molar-refractivity contribution >= 4 is 11.9 Å². The molecule has 0 spiro atoms. The van der Waals surface area contributed by atoms with Crippen molar-refractivity contribution in [2.45, 2.75) is 37.6 Å². The lowest BCUT2D eigenvalue weighted by molar-refractivity contribution is -0.294. The van der Waals surface area contributed by atoms with E-state index in [1.54, 1.807) is 30.3 Å². The van der Waals surface area contributed by atoms with Gasteiger partial charge in [0.2, 0.25) is 12.1 Å². The summed E-state index contributed by atoms with van der Waals surface area (Å²) >= 11 is 0. The maximum absolute atomic E-state index is 12.2. The van der Waals surface area contributed by atoms with Crippen LogP contribution in [0.3, 0.4) is 0 Å². The van der Waals surface area contributed by atoms with Crippen LogP contribution in [0.1, 0.15) is 24.2 Å². The first kappa shape index (κ1) is 19.3. The number of rotatable bonds is 6. The molecular formula is C17H22O8. The highest BCUT2D eigenvalue weighted by Gasteiger charge is 2.67. The molecule has 1 aromatic carbocycles. The summed E-state index contributed by atoms with van der Waals surface area (Å²) in [6.07, 6.45) is -2.34. The fourth-order valence-electron chi connectivity index (χ4n) is 2.64. The maximum Gasteiger partial charge on any atom is 0.338 e. The molecule has 4 unspecified atom stereocenters. The van der Waals surface area contributed by atoms with Gasteiger partial charge in [0.05, 0.1) is 5.56 Å². The van der Waals surface area contributed by atoms with Crippen LogP contribution in [-0.4, -0.2) is 61.7 Å². The minimum atomic E-state index is -1.97. The molecule has 8 nitrogen and oxygen atoms in total. The Morgan fingerprint density at radius 3 is 2.40 bits per heavy atom. The molecular weight excluding hydrogens is 332 g/mol. The fraction of sp³-hybridized carbons (Fsp3) is 0.529. The number of carbonyl (C=O) groups excluding carboxylic acids is 2. The third-order valence-electron chi connectivity index (χ3n) is 4.19. The third kappa shape index (κ3) is 3.67. The number of benzene rings is 1. The van der Waals surface area contributed by atoms with Crippen LogP contribution in [0.15, 0.2) is 30.3 Å². The molecule has 0 radical (unpaired) electrons. The van der Waals surface area contributed by atoms with Crippen molar-refractivity contribution in [3.05, 3.63) is 35.9 Å². The van der Waals surface area contributed by atoms with Crippen molar-refractivity contribution in [2.75, 3.05) is 20.8 Å². The van der Waals surface area contributed by atoms with Gasteiger partial charge in [0.15, 0.2) is 11.7 Å². The molecule has 0 saturated carbocycles. The molecule has 0 aromatic heterocycles. The highest BCUT2D eigenvalue weighted by atomic mass is 16.8. The number of esters is 2. The van der Waals surface area contributed by atoms with Gasteiger partial charge < -0.3 is 28.8 Å². The van der Waals surface area contributed by atoms with E-state index < -0.39 is 42.3 Å².